The Morgan fingerprint density at radius 3 is 2.69 bits per heavy atom. The van der Waals surface area contributed by atoms with E-state index in [9.17, 15) is 0 Å². The van der Waals surface area contributed by atoms with Crippen LogP contribution in [-0.2, 0) is 6.42 Å². The van der Waals surface area contributed by atoms with Crippen LogP contribution in [-0.4, -0.2) is 12.6 Å². The van der Waals surface area contributed by atoms with E-state index in [0.29, 0.717) is 17.7 Å². The molecule has 88 valence electrons. The molecule has 0 unspecified atom stereocenters. The molecule has 0 bridgehead atoms. The zero-order chi connectivity index (χ0) is 11.4. The fraction of sp³-hybridized carbons (Fsp3) is 0.538. The van der Waals surface area contributed by atoms with Gasteiger partial charge in [0.1, 0.15) is 5.75 Å². The lowest BCUT2D eigenvalue weighted by atomic mass is 10.1. The van der Waals surface area contributed by atoms with Gasteiger partial charge in [0.05, 0.1) is 11.1 Å². The van der Waals surface area contributed by atoms with Crippen molar-refractivity contribution in [1.82, 2.24) is 0 Å². The predicted molar refractivity (Wildman–Crippen MR) is 67.1 cm³/mol. The van der Waals surface area contributed by atoms with Crippen molar-refractivity contribution in [2.75, 3.05) is 6.54 Å². The summed E-state index contributed by atoms with van der Waals surface area (Å²) >= 11 is 6.18. The summed E-state index contributed by atoms with van der Waals surface area (Å²) in [7, 11) is 0. The average Bonchev–Trinajstić information content (AvgIpc) is 2.75. The summed E-state index contributed by atoms with van der Waals surface area (Å²) in [5.74, 6) is 0.814. The van der Waals surface area contributed by atoms with Crippen LogP contribution >= 0.6 is 11.6 Å². The second-order valence-electron chi connectivity index (χ2n) is 4.33. The van der Waals surface area contributed by atoms with Gasteiger partial charge in [-0.25, -0.2) is 0 Å². The Bertz CT molecular complexity index is 348. The summed E-state index contributed by atoms with van der Waals surface area (Å²) in [5, 5.41) is 0.706. The second-order valence-corrected chi connectivity index (χ2v) is 4.73. The van der Waals surface area contributed by atoms with Crippen molar-refractivity contribution >= 4 is 11.6 Å². The third-order valence-electron chi connectivity index (χ3n) is 3.03. The number of hydrogen-bond acceptors (Lipinski definition) is 2. The van der Waals surface area contributed by atoms with Crippen molar-refractivity contribution < 1.29 is 4.74 Å². The van der Waals surface area contributed by atoms with E-state index in [1.165, 1.54) is 18.4 Å². The zero-order valence-corrected chi connectivity index (χ0v) is 10.2. The molecule has 1 aliphatic carbocycles. The molecule has 1 aromatic carbocycles. The van der Waals surface area contributed by atoms with Gasteiger partial charge in [-0.1, -0.05) is 17.7 Å². The number of hydrogen-bond donors (Lipinski definition) is 1. The molecular formula is C13H18ClNO. The van der Waals surface area contributed by atoms with Gasteiger partial charge in [-0.15, -0.1) is 0 Å². The van der Waals surface area contributed by atoms with Gasteiger partial charge >= 0.3 is 0 Å². The standard InChI is InChI=1S/C13H18ClNO/c14-12-9-10(7-8-15)5-6-13(12)16-11-3-1-2-4-11/h5-6,9,11H,1-4,7-8,15H2. The Hall–Kier alpha value is -0.730. The molecular weight excluding hydrogens is 222 g/mol. The van der Waals surface area contributed by atoms with Crippen LogP contribution in [0.2, 0.25) is 5.02 Å². The van der Waals surface area contributed by atoms with Crippen molar-refractivity contribution in [3.05, 3.63) is 28.8 Å². The number of benzene rings is 1. The van der Waals surface area contributed by atoms with Crippen LogP contribution in [0.3, 0.4) is 0 Å². The molecule has 0 atom stereocenters. The summed E-state index contributed by atoms with van der Waals surface area (Å²) in [6, 6.07) is 5.97. The Labute approximate surface area is 102 Å². The van der Waals surface area contributed by atoms with Crippen LogP contribution in [0.4, 0.5) is 0 Å². The summed E-state index contributed by atoms with van der Waals surface area (Å²) < 4.78 is 5.88. The molecule has 0 saturated heterocycles. The normalized spacial score (nSPS) is 16.6. The highest BCUT2D eigenvalue weighted by Gasteiger charge is 2.17. The fourth-order valence-electron chi connectivity index (χ4n) is 2.15. The average molecular weight is 240 g/mol. The van der Waals surface area contributed by atoms with Crippen LogP contribution in [0.25, 0.3) is 0 Å². The van der Waals surface area contributed by atoms with Crippen molar-refractivity contribution in [2.24, 2.45) is 5.73 Å². The fourth-order valence-corrected chi connectivity index (χ4v) is 2.40. The number of ether oxygens (including phenoxy) is 1. The molecule has 3 heteroatoms. The number of rotatable bonds is 4. The molecule has 1 aliphatic rings. The molecule has 0 aliphatic heterocycles. The van der Waals surface area contributed by atoms with E-state index in [4.69, 9.17) is 22.1 Å². The third kappa shape index (κ3) is 2.89. The van der Waals surface area contributed by atoms with Crippen LogP contribution in [0.15, 0.2) is 18.2 Å². The van der Waals surface area contributed by atoms with Gasteiger partial charge in [0.15, 0.2) is 0 Å². The van der Waals surface area contributed by atoms with Crippen molar-refractivity contribution in [1.29, 1.82) is 0 Å². The van der Waals surface area contributed by atoms with Gasteiger partial charge < -0.3 is 10.5 Å². The maximum atomic E-state index is 6.18. The summed E-state index contributed by atoms with van der Waals surface area (Å²) in [4.78, 5) is 0. The minimum absolute atomic E-state index is 0.359. The Morgan fingerprint density at radius 1 is 1.31 bits per heavy atom. The molecule has 2 N–H and O–H groups in total. The first-order valence-corrected chi connectivity index (χ1v) is 6.32. The van der Waals surface area contributed by atoms with Gasteiger partial charge in [-0.3, -0.25) is 0 Å². The topological polar surface area (TPSA) is 35.2 Å². The lowest BCUT2D eigenvalue weighted by molar-refractivity contribution is 0.210. The largest absolute Gasteiger partial charge is 0.489 e. The van der Waals surface area contributed by atoms with E-state index in [1.807, 2.05) is 18.2 Å². The molecule has 1 saturated carbocycles. The molecule has 1 aromatic rings. The summed E-state index contributed by atoms with van der Waals surface area (Å²) in [5.41, 5.74) is 6.68. The van der Waals surface area contributed by atoms with Crippen LogP contribution in [0, 0.1) is 0 Å². The van der Waals surface area contributed by atoms with Gasteiger partial charge in [0.25, 0.3) is 0 Å². The van der Waals surface area contributed by atoms with Crippen LogP contribution < -0.4 is 10.5 Å². The van der Waals surface area contributed by atoms with Crippen molar-refractivity contribution in [3.63, 3.8) is 0 Å². The smallest absolute Gasteiger partial charge is 0.138 e. The van der Waals surface area contributed by atoms with E-state index in [0.717, 1.165) is 25.0 Å². The lowest BCUT2D eigenvalue weighted by Crippen LogP contribution is -2.11. The molecule has 0 amide bonds. The number of nitrogens with two attached hydrogens (primary N) is 1. The predicted octanol–water partition coefficient (Wildman–Crippen LogP) is 3.16. The van der Waals surface area contributed by atoms with E-state index >= 15 is 0 Å². The second kappa shape index (κ2) is 5.55. The Balaban J connectivity index is 2.03. The molecule has 1 fully saturated rings. The van der Waals surface area contributed by atoms with Gasteiger partial charge in [-0.2, -0.15) is 0 Å². The zero-order valence-electron chi connectivity index (χ0n) is 9.42. The quantitative estimate of drug-likeness (QED) is 0.876. The molecule has 0 heterocycles. The lowest BCUT2D eigenvalue weighted by Gasteiger charge is -2.14. The molecule has 0 radical (unpaired) electrons. The first kappa shape index (κ1) is 11.7. The Morgan fingerprint density at radius 2 is 2.06 bits per heavy atom. The SMILES string of the molecule is NCCc1ccc(OC2CCCC2)c(Cl)c1. The summed E-state index contributed by atoms with van der Waals surface area (Å²) in [6.07, 6.45) is 6.07. The monoisotopic (exact) mass is 239 g/mol. The van der Waals surface area contributed by atoms with Gasteiger partial charge in [0.2, 0.25) is 0 Å². The van der Waals surface area contributed by atoms with Crippen LogP contribution in [0.1, 0.15) is 31.2 Å². The first-order chi connectivity index (χ1) is 7.79. The highest BCUT2D eigenvalue weighted by atomic mass is 35.5. The van der Waals surface area contributed by atoms with E-state index < -0.39 is 0 Å². The molecule has 2 rings (SSSR count). The minimum atomic E-state index is 0.359. The van der Waals surface area contributed by atoms with E-state index in [1.54, 1.807) is 0 Å². The highest BCUT2D eigenvalue weighted by molar-refractivity contribution is 6.32. The number of halogens is 1. The molecule has 0 aromatic heterocycles. The summed E-state index contributed by atoms with van der Waals surface area (Å²) in [6.45, 7) is 0.652. The van der Waals surface area contributed by atoms with E-state index in [2.05, 4.69) is 0 Å². The maximum Gasteiger partial charge on any atom is 0.138 e. The van der Waals surface area contributed by atoms with Crippen LogP contribution in [0.5, 0.6) is 5.75 Å². The minimum Gasteiger partial charge on any atom is -0.489 e. The maximum absolute atomic E-state index is 6.18. The highest BCUT2D eigenvalue weighted by Crippen LogP contribution is 2.30. The van der Waals surface area contributed by atoms with Crippen molar-refractivity contribution in [2.45, 2.75) is 38.2 Å². The Kier molecular flexibility index (Phi) is 4.08. The van der Waals surface area contributed by atoms with Gasteiger partial charge in [0, 0.05) is 0 Å². The molecule has 2 nitrogen and oxygen atoms in total. The van der Waals surface area contributed by atoms with Crippen molar-refractivity contribution in [3.8, 4) is 5.75 Å². The first-order valence-electron chi connectivity index (χ1n) is 5.95. The van der Waals surface area contributed by atoms with E-state index in [-0.39, 0.29) is 0 Å². The third-order valence-corrected chi connectivity index (χ3v) is 3.32. The molecule has 16 heavy (non-hydrogen) atoms. The van der Waals surface area contributed by atoms with Gasteiger partial charge in [-0.05, 0) is 56.3 Å². The molecule has 0 spiro atoms.